The van der Waals surface area contributed by atoms with Crippen molar-refractivity contribution in [2.75, 3.05) is 5.75 Å². The van der Waals surface area contributed by atoms with E-state index in [1.54, 1.807) is 30.0 Å². The van der Waals surface area contributed by atoms with Gasteiger partial charge in [0, 0.05) is 17.1 Å². The fourth-order valence-corrected chi connectivity index (χ4v) is 3.96. The molecule has 6 heteroatoms. The number of hydrogen-bond donors (Lipinski definition) is 2. The van der Waals surface area contributed by atoms with E-state index in [4.69, 9.17) is 5.11 Å². The van der Waals surface area contributed by atoms with Crippen LogP contribution in [0.15, 0.2) is 47.4 Å². The zero-order chi connectivity index (χ0) is 17.8. The molecule has 2 aromatic rings. The molecule has 25 heavy (non-hydrogen) atoms. The molecule has 4 nitrogen and oxygen atoms in total. The number of thioether (sulfide) groups is 1. The number of carboxylic acids is 1. The second kappa shape index (κ2) is 7.70. The molecule has 1 aliphatic rings. The summed E-state index contributed by atoms with van der Waals surface area (Å²) in [6.45, 7) is 0. The number of fused-ring (bicyclic) bond motifs is 1. The van der Waals surface area contributed by atoms with E-state index in [-0.39, 0.29) is 23.3 Å². The predicted molar refractivity (Wildman–Crippen MR) is 94.3 cm³/mol. The van der Waals surface area contributed by atoms with Crippen molar-refractivity contribution >= 4 is 23.6 Å². The zero-order valence-corrected chi connectivity index (χ0v) is 14.3. The van der Waals surface area contributed by atoms with Crippen molar-refractivity contribution in [2.24, 2.45) is 0 Å². The summed E-state index contributed by atoms with van der Waals surface area (Å²) in [5, 5.41) is 11.9. The summed E-state index contributed by atoms with van der Waals surface area (Å²) < 4.78 is 13.5. The molecule has 0 bridgehead atoms. The average molecular weight is 359 g/mol. The fourth-order valence-electron chi connectivity index (χ4n) is 2.85. The first-order chi connectivity index (χ1) is 12.0. The number of aromatic carboxylic acids is 1. The lowest BCUT2D eigenvalue weighted by atomic mass is 10.0. The number of carbonyl (C=O) groups excluding carboxylic acids is 1. The van der Waals surface area contributed by atoms with Crippen LogP contribution >= 0.6 is 11.8 Å². The van der Waals surface area contributed by atoms with Gasteiger partial charge >= 0.3 is 5.97 Å². The molecule has 1 amide bonds. The Morgan fingerprint density at radius 1 is 1.20 bits per heavy atom. The van der Waals surface area contributed by atoms with Crippen molar-refractivity contribution in [3.8, 4) is 0 Å². The average Bonchev–Trinajstić information content (AvgIpc) is 2.61. The molecular formula is C19H18FNO3S. The molecule has 1 aliphatic heterocycles. The number of benzene rings is 2. The minimum absolute atomic E-state index is 0.0885. The molecule has 2 N–H and O–H groups in total. The maximum Gasteiger partial charge on any atom is 0.335 e. The molecule has 0 radical (unpaired) electrons. The van der Waals surface area contributed by atoms with E-state index in [2.05, 4.69) is 5.32 Å². The van der Waals surface area contributed by atoms with Crippen LogP contribution < -0.4 is 5.32 Å². The molecule has 130 valence electrons. The highest BCUT2D eigenvalue weighted by Gasteiger charge is 2.22. The maximum atomic E-state index is 13.5. The van der Waals surface area contributed by atoms with Gasteiger partial charge in [-0.3, -0.25) is 4.79 Å². The van der Waals surface area contributed by atoms with Crippen molar-refractivity contribution in [3.05, 3.63) is 65.0 Å². The normalized spacial score (nSPS) is 16.1. The van der Waals surface area contributed by atoms with Crippen molar-refractivity contribution in [3.63, 3.8) is 0 Å². The molecule has 1 unspecified atom stereocenters. The van der Waals surface area contributed by atoms with Crippen LogP contribution in [0.1, 0.15) is 40.4 Å². The van der Waals surface area contributed by atoms with Crippen LogP contribution in [-0.2, 0) is 11.2 Å². The Bertz CT molecular complexity index is 792. The smallest absolute Gasteiger partial charge is 0.335 e. The molecule has 0 saturated heterocycles. The van der Waals surface area contributed by atoms with E-state index in [1.165, 1.54) is 24.3 Å². The molecule has 1 atom stereocenters. The summed E-state index contributed by atoms with van der Waals surface area (Å²) in [6, 6.07) is 11.1. The lowest BCUT2D eigenvalue weighted by Gasteiger charge is -2.26. The standard InChI is InChI=1S/C19H18FNO3S/c20-14-6-7-17-15(11-14)16(9-10-25-17)21-18(22)8-3-12-1-4-13(5-2-12)19(23)24/h1-2,4-7,11,16H,3,8-10H2,(H,21,22)(H,23,24). The third-order valence-electron chi connectivity index (χ3n) is 4.19. The van der Waals surface area contributed by atoms with Gasteiger partial charge in [-0.2, -0.15) is 0 Å². The molecule has 0 aromatic heterocycles. The number of carboxylic acid groups (broad SMARTS) is 1. The van der Waals surface area contributed by atoms with Gasteiger partial charge in [0.1, 0.15) is 5.82 Å². The van der Waals surface area contributed by atoms with Crippen LogP contribution in [0, 0.1) is 5.82 Å². The largest absolute Gasteiger partial charge is 0.478 e. The Morgan fingerprint density at radius 2 is 1.96 bits per heavy atom. The summed E-state index contributed by atoms with van der Waals surface area (Å²) >= 11 is 1.68. The Kier molecular flexibility index (Phi) is 5.38. The van der Waals surface area contributed by atoms with Crippen molar-refractivity contribution in [1.29, 1.82) is 0 Å². The topological polar surface area (TPSA) is 66.4 Å². The van der Waals surface area contributed by atoms with Crippen LogP contribution in [0.4, 0.5) is 4.39 Å². The van der Waals surface area contributed by atoms with Gasteiger partial charge in [0.15, 0.2) is 0 Å². The number of halogens is 1. The first-order valence-electron chi connectivity index (χ1n) is 8.07. The molecule has 0 aliphatic carbocycles. The van der Waals surface area contributed by atoms with Crippen LogP contribution in [0.5, 0.6) is 0 Å². The van der Waals surface area contributed by atoms with E-state index in [9.17, 15) is 14.0 Å². The highest BCUT2D eigenvalue weighted by Crippen LogP contribution is 2.36. The van der Waals surface area contributed by atoms with Crippen LogP contribution in [0.3, 0.4) is 0 Å². The Balaban J connectivity index is 1.58. The van der Waals surface area contributed by atoms with Crippen LogP contribution in [0.2, 0.25) is 0 Å². The molecule has 3 rings (SSSR count). The van der Waals surface area contributed by atoms with Gasteiger partial charge in [0.05, 0.1) is 11.6 Å². The van der Waals surface area contributed by atoms with Gasteiger partial charge in [-0.25, -0.2) is 9.18 Å². The van der Waals surface area contributed by atoms with E-state index < -0.39 is 5.97 Å². The van der Waals surface area contributed by atoms with Crippen molar-refractivity contribution in [1.82, 2.24) is 5.32 Å². The number of rotatable bonds is 5. The Morgan fingerprint density at radius 3 is 2.68 bits per heavy atom. The van der Waals surface area contributed by atoms with Gasteiger partial charge in [-0.15, -0.1) is 11.8 Å². The fraction of sp³-hybridized carbons (Fsp3) is 0.263. The summed E-state index contributed by atoms with van der Waals surface area (Å²) in [7, 11) is 0. The highest BCUT2D eigenvalue weighted by atomic mass is 32.2. The van der Waals surface area contributed by atoms with E-state index in [0.29, 0.717) is 12.8 Å². The number of aryl methyl sites for hydroxylation is 1. The van der Waals surface area contributed by atoms with Gasteiger partial charge in [0.25, 0.3) is 0 Å². The quantitative estimate of drug-likeness (QED) is 0.852. The maximum absolute atomic E-state index is 13.5. The summed E-state index contributed by atoms with van der Waals surface area (Å²) in [4.78, 5) is 24.1. The Hall–Kier alpha value is -2.34. The molecule has 0 spiro atoms. The van der Waals surface area contributed by atoms with Gasteiger partial charge < -0.3 is 10.4 Å². The lowest BCUT2D eigenvalue weighted by molar-refractivity contribution is -0.121. The van der Waals surface area contributed by atoms with Crippen LogP contribution in [0.25, 0.3) is 0 Å². The van der Waals surface area contributed by atoms with Gasteiger partial charge in [-0.1, -0.05) is 12.1 Å². The van der Waals surface area contributed by atoms with Crippen LogP contribution in [-0.4, -0.2) is 22.7 Å². The first kappa shape index (κ1) is 17.5. The van der Waals surface area contributed by atoms with E-state index in [1.807, 2.05) is 0 Å². The Labute approximate surface area is 149 Å². The molecule has 0 saturated carbocycles. The number of carbonyl (C=O) groups is 2. The third-order valence-corrected chi connectivity index (χ3v) is 5.31. The number of nitrogens with one attached hydrogen (secondary N) is 1. The molecule has 2 aromatic carbocycles. The van der Waals surface area contributed by atoms with Crippen molar-refractivity contribution in [2.45, 2.75) is 30.2 Å². The second-order valence-corrected chi connectivity index (χ2v) is 7.08. The second-order valence-electron chi connectivity index (χ2n) is 5.94. The van der Waals surface area contributed by atoms with Gasteiger partial charge in [0.2, 0.25) is 5.91 Å². The first-order valence-corrected chi connectivity index (χ1v) is 9.05. The zero-order valence-electron chi connectivity index (χ0n) is 13.5. The minimum atomic E-state index is -0.967. The molecular weight excluding hydrogens is 341 g/mol. The molecule has 0 fully saturated rings. The summed E-state index contributed by atoms with van der Waals surface area (Å²) in [5.74, 6) is -0.459. The lowest BCUT2D eigenvalue weighted by Crippen LogP contribution is -2.30. The summed E-state index contributed by atoms with van der Waals surface area (Å²) in [5.41, 5.74) is 1.98. The van der Waals surface area contributed by atoms with Crippen molar-refractivity contribution < 1.29 is 19.1 Å². The summed E-state index contributed by atoms with van der Waals surface area (Å²) in [6.07, 6.45) is 1.62. The molecule has 1 heterocycles. The van der Waals surface area contributed by atoms with E-state index >= 15 is 0 Å². The third kappa shape index (κ3) is 4.39. The van der Waals surface area contributed by atoms with E-state index in [0.717, 1.165) is 28.2 Å². The minimum Gasteiger partial charge on any atom is -0.478 e. The predicted octanol–water partition coefficient (Wildman–Crippen LogP) is 3.81. The number of amides is 1. The highest BCUT2D eigenvalue weighted by molar-refractivity contribution is 7.99. The monoisotopic (exact) mass is 359 g/mol. The SMILES string of the molecule is O=C(CCc1ccc(C(=O)O)cc1)NC1CCSc2ccc(F)cc21. The van der Waals surface area contributed by atoms with Gasteiger partial charge in [-0.05, 0) is 54.3 Å². The number of hydrogen-bond acceptors (Lipinski definition) is 3.